The second-order valence-corrected chi connectivity index (χ2v) is 4.49. The Morgan fingerprint density at radius 2 is 1.95 bits per heavy atom. The van der Waals surface area contributed by atoms with Gasteiger partial charge in [0, 0.05) is 6.07 Å². The summed E-state index contributed by atoms with van der Waals surface area (Å²) in [5.41, 5.74) is -1.69. The number of nitrogens with zero attached hydrogens (tertiary/aromatic N) is 1. The normalized spacial score (nSPS) is 10.8. The quantitative estimate of drug-likeness (QED) is 0.269. The van der Waals surface area contributed by atoms with Gasteiger partial charge in [-0.2, -0.15) is 0 Å². The molecule has 0 aliphatic carbocycles. The van der Waals surface area contributed by atoms with Gasteiger partial charge < -0.3 is 9.47 Å². The molecule has 0 saturated heterocycles. The molecule has 1 aromatic rings. The Balaban J connectivity index is 2.87. The number of benzene rings is 1. The van der Waals surface area contributed by atoms with Crippen LogP contribution in [-0.2, 0) is 14.3 Å². The second-order valence-electron chi connectivity index (χ2n) is 4.49. The number of rotatable bonds is 5. The topological polar surface area (TPSA) is 95.7 Å². The fourth-order valence-corrected chi connectivity index (χ4v) is 1.29. The first kappa shape index (κ1) is 15.6. The van der Waals surface area contributed by atoms with Gasteiger partial charge in [0.1, 0.15) is 5.75 Å². The Bertz CT molecular complexity index is 537. The average molecular weight is 281 g/mol. The van der Waals surface area contributed by atoms with E-state index in [9.17, 15) is 19.7 Å². The van der Waals surface area contributed by atoms with E-state index < -0.39 is 22.3 Å². The molecule has 0 aliphatic rings. The van der Waals surface area contributed by atoms with Crippen LogP contribution in [0.1, 0.15) is 20.8 Å². The number of esters is 2. The van der Waals surface area contributed by atoms with Gasteiger partial charge in [0.15, 0.2) is 5.41 Å². The van der Waals surface area contributed by atoms with Crippen molar-refractivity contribution in [2.24, 2.45) is 5.41 Å². The number of carbonyl (C=O) groups is 2. The van der Waals surface area contributed by atoms with E-state index >= 15 is 0 Å². The van der Waals surface area contributed by atoms with Crippen LogP contribution in [0.25, 0.3) is 0 Å². The van der Waals surface area contributed by atoms with Crippen LogP contribution in [0.5, 0.6) is 5.75 Å². The van der Waals surface area contributed by atoms with Crippen LogP contribution in [-0.4, -0.2) is 23.5 Å². The van der Waals surface area contributed by atoms with Crippen molar-refractivity contribution in [2.45, 2.75) is 20.8 Å². The van der Waals surface area contributed by atoms with E-state index in [0.717, 1.165) is 6.07 Å². The van der Waals surface area contributed by atoms with Crippen LogP contribution in [0.2, 0.25) is 0 Å². The summed E-state index contributed by atoms with van der Waals surface area (Å²) < 4.78 is 9.77. The molecule has 0 saturated carbocycles. The molecule has 0 bridgehead atoms. The van der Waals surface area contributed by atoms with Gasteiger partial charge in [0.05, 0.1) is 17.6 Å². The molecule has 0 amide bonds. The zero-order valence-electron chi connectivity index (χ0n) is 11.4. The molecule has 0 aromatic heterocycles. The third kappa shape index (κ3) is 3.53. The molecule has 0 atom stereocenters. The number of carbonyl (C=O) groups excluding carboxylic acids is 2. The molecule has 20 heavy (non-hydrogen) atoms. The lowest BCUT2D eigenvalue weighted by Crippen LogP contribution is -2.38. The summed E-state index contributed by atoms with van der Waals surface area (Å²) in [6.45, 7) is 4.50. The molecule has 0 heterocycles. The first-order valence-corrected chi connectivity index (χ1v) is 5.93. The monoisotopic (exact) mass is 281 g/mol. The molecule has 108 valence electrons. The Labute approximate surface area is 115 Å². The Morgan fingerprint density at radius 1 is 1.30 bits per heavy atom. The Morgan fingerprint density at radius 3 is 2.50 bits per heavy atom. The minimum Gasteiger partial charge on any atom is -0.465 e. The minimum absolute atomic E-state index is 0.00146. The smallest absolute Gasteiger partial charge is 0.328 e. The molecule has 1 rings (SSSR count). The first-order chi connectivity index (χ1) is 9.28. The zero-order chi connectivity index (χ0) is 15.3. The van der Waals surface area contributed by atoms with Gasteiger partial charge in [-0.25, -0.2) is 0 Å². The standard InChI is InChI=1S/C13H15NO6/c1-4-19-11(15)13(2,3)12(16)20-10-7-5-6-9(8-10)14(17)18/h5-8H,4H2,1-3H3. The highest BCUT2D eigenvalue weighted by molar-refractivity contribution is 5.99. The lowest BCUT2D eigenvalue weighted by molar-refractivity contribution is -0.384. The minimum atomic E-state index is -1.49. The molecule has 0 fully saturated rings. The average Bonchev–Trinajstić information content (AvgIpc) is 2.39. The van der Waals surface area contributed by atoms with Crippen molar-refractivity contribution in [3.8, 4) is 5.75 Å². The maximum Gasteiger partial charge on any atom is 0.328 e. The lowest BCUT2D eigenvalue weighted by atomic mass is 9.94. The molecule has 0 N–H and O–H groups in total. The molecular weight excluding hydrogens is 266 g/mol. The molecule has 7 nitrogen and oxygen atoms in total. The van der Waals surface area contributed by atoms with E-state index in [-0.39, 0.29) is 18.0 Å². The number of ether oxygens (including phenoxy) is 2. The summed E-state index contributed by atoms with van der Waals surface area (Å²) in [5.74, 6) is -1.55. The summed E-state index contributed by atoms with van der Waals surface area (Å²) in [6, 6.07) is 5.16. The maximum absolute atomic E-state index is 11.9. The molecule has 0 unspecified atom stereocenters. The summed E-state index contributed by atoms with van der Waals surface area (Å²) >= 11 is 0. The summed E-state index contributed by atoms with van der Waals surface area (Å²) in [7, 11) is 0. The van der Waals surface area contributed by atoms with Crippen LogP contribution in [0.3, 0.4) is 0 Å². The number of hydrogen-bond acceptors (Lipinski definition) is 6. The van der Waals surface area contributed by atoms with Crippen LogP contribution in [0, 0.1) is 15.5 Å². The number of nitro benzene ring substituents is 1. The van der Waals surface area contributed by atoms with Gasteiger partial charge in [-0.3, -0.25) is 19.7 Å². The number of hydrogen-bond donors (Lipinski definition) is 0. The number of non-ortho nitro benzene ring substituents is 1. The third-order valence-corrected chi connectivity index (χ3v) is 2.54. The SMILES string of the molecule is CCOC(=O)C(C)(C)C(=O)Oc1cccc([N+](=O)[O-])c1. The van der Waals surface area contributed by atoms with Crippen LogP contribution in [0.15, 0.2) is 24.3 Å². The van der Waals surface area contributed by atoms with Crippen LogP contribution in [0.4, 0.5) is 5.69 Å². The maximum atomic E-state index is 11.9. The Kier molecular flexibility index (Phi) is 4.79. The van der Waals surface area contributed by atoms with Gasteiger partial charge in [0.25, 0.3) is 5.69 Å². The third-order valence-electron chi connectivity index (χ3n) is 2.54. The van der Waals surface area contributed by atoms with Crippen molar-refractivity contribution in [1.82, 2.24) is 0 Å². The molecule has 0 radical (unpaired) electrons. The van der Waals surface area contributed by atoms with E-state index in [1.807, 2.05) is 0 Å². The van der Waals surface area contributed by atoms with Gasteiger partial charge >= 0.3 is 11.9 Å². The van der Waals surface area contributed by atoms with Crippen molar-refractivity contribution in [3.63, 3.8) is 0 Å². The highest BCUT2D eigenvalue weighted by Crippen LogP contribution is 2.24. The largest absolute Gasteiger partial charge is 0.465 e. The summed E-state index contributed by atoms with van der Waals surface area (Å²) in [4.78, 5) is 33.6. The van der Waals surface area contributed by atoms with Crippen molar-refractivity contribution in [1.29, 1.82) is 0 Å². The van der Waals surface area contributed by atoms with E-state index in [2.05, 4.69) is 0 Å². The Hall–Kier alpha value is -2.44. The molecule has 0 spiro atoms. The first-order valence-electron chi connectivity index (χ1n) is 5.93. The van der Waals surface area contributed by atoms with Crippen LogP contribution >= 0.6 is 0 Å². The predicted molar refractivity (Wildman–Crippen MR) is 69.1 cm³/mol. The molecular formula is C13H15NO6. The fraction of sp³-hybridized carbons (Fsp3) is 0.385. The van der Waals surface area contributed by atoms with Gasteiger partial charge in [-0.05, 0) is 26.8 Å². The molecule has 1 aromatic carbocycles. The van der Waals surface area contributed by atoms with E-state index in [1.54, 1.807) is 6.92 Å². The summed E-state index contributed by atoms with van der Waals surface area (Å²) in [6.07, 6.45) is 0. The van der Waals surface area contributed by atoms with Crippen molar-refractivity contribution in [3.05, 3.63) is 34.4 Å². The lowest BCUT2D eigenvalue weighted by Gasteiger charge is -2.20. The molecule has 7 heteroatoms. The van der Waals surface area contributed by atoms with Crippen molar-refractivity contribution < 1.29 is 24.0 Å². The number of nitro groups is 1. The zero-order valence-corrected chi connectivity index (χ0v) is 11.4. The van der Waals surface area contributed by atoms with E-state index in [0.29, 0.717) is 0 Å². The summed E-state index contributed by atoms with van der Waals surface area (Å²) in [5, 5.41) is 10.6. The highest BCUT2D eigenvalue weighted by atomic mass is 16.6. The van der Waals surface area contributed by atoms with E-state index in [1.165, 1.54) is 32.0 Å². The van der Waals surface area contributed by atoms with Gasteiger partial charge in [-0.1, -0.05) is 6.07 Å². The van der Waals surface area contributed by atoms with E-state index in [4.69, 9.17) is 9.47 Å². The van der Waals surface area contributed by atoms with Gasteiger partial charge in [-0.15, -0.1) is 0 Å². The second kappa shape index (κ2) is 6.14. The van der Waals surface area contributed by atoms with Crippen LogP contribution < -0.4 is 4.74 Å². The van der Waals surface area contributed by atoms with Gasteiger partial charge in [0.2, 0.25) is 0 Å². The molecule has 0 aliphatic heterocycles. The van der Waals surface area contributed by atoms with Crippen molar-refractivity contribution in [2.75, 3.05) is 6.61 Å². The van der Waals surface area contributed by atoms with Crippen molar-refractivity contribution >= 4 is 17.6 Å². The fourth-order valence-electron chi connectivity index (χ4n) is 1.29. The highest BCUT2D eigenvalue weighted by Gasteiger charge is 2.39. The predicted octanol–water partition coefficient (Wildman–Crippen LogP) is 2.09.